The van der Waals surface area contributed by atoms with E-state index in [1.165, 1.54) is 5.56 Å². The number of nitrogens with zero attached hydrogens (tertiary/aromatic N) is 6. The van der Waals surface area contributed by atoms with Crippen LogP contribution in [0.25, 0.3) is 16.9 Å². The summed E-state index contributed by atoms with van der Waals surface area (Å²) in [6.07, 6.45) is 5.81. The number of hydrogen-bond acceptors (Lipinski definition) is 6. The van der Waals surface area contributed by atoms with Crippen LogP contribution in [0, 0.1) is 6.92 Å². The van der Waals surface area contributed by atoms with Gasteiger partial charge in [0, 0.05) is 31.4 Å². The number of hydrogen-bond donors (Lipinski definition) is 0. The second-order valence-electron chi connectivity index (χ2n) is 8.35. The summed E-state index contributed by atoms with van der Waals surface area (Å²) < 4.78 is 15.5. The van der Waals surface area contributed by atoms with E-state index in [1.54, 1.807) is 13.4 Å². The van der Waals surface area contributed by atoms with Crippen molar-refractivity contribution in [2.24, 2.45) is 0 Å². The fourth-order valence-electron chi connectivity index (χ4n) is 4.21. The molecule has 33 heavy (non-hydrogen) atoms. The highest BCUT2D eigenvalue weighted by Crippen LogP contribution is 2.29. The van der Waals surface area contributed by atoms with Gasteiger partial charge in [-0.2, -0.15) is 0 Å². The van der Waals surface area contributed by atoms with Crippen molar-refractivity contribution < 1.29 is 9.47 Å². The van der Waals surface area contributed by atoms with E-state index in [2.05, 4.69) is 50.5 Å². The van der Waals surface area contributed by atoms with Gasteiger partial charge >= 0.3 is 0 Å². The highest BCUT2D eigenvalue weighted by Gasteiger charge is 2.22. The lowest BCUT2D eigenvalue weighted by Gasteiger charge is -2.32. The molecule has 2 aromatic carbocycles. The lowest BCUT2D eigenvalue weighted by molar-refractivity contribution is -0.0404. The van der Waals surface area contributed by atoms with Crippen molar-refractivity contribution in [3.63, 3.8) is 0 Å². The van der Waals surface area contributed by atoms with E-state index in [0.29, 0.717) is 6.54 Å². The number of ether oxygens (including phenoxy) is 2. The zero-order valence-corrected chi connectivity index (χ0v) is 19.0. The number of benzene rings is 2. The monoisotopic (exact) mass is 444 g/mol. The maximum atomic E-state index is 6.01. The zero-order chi connectivity index (χ0) is 22.6. The zero-order valence-electron chi connectivity index (χ0n) is 19.0. The van der Waals surface area contributed by atoms with E-state index in [0.717, 1.165) is 54.6 Å². The smallest absolute Gasteiger partial charge is 0.143 e. The fourth-order valence-corrected chi connectivity index (χ4v) is 4.21. The molecule has 3 heterocycles. The number of aromatic nitrogens is 5. The molecule has 2 aromatic heterocycles. The maximum Gasteiger partial charge on any atom is 0.143 e. The second kappa shape index (κ2) is 9.56. The molecule has 8 nitrogen and oxygen atoms in total. The Balaban J connectivity index is 1.26. The van der Waals surface area contributed by atoms with Gasteiger partial charge < -0.3 is 14.0 Å². The van der Waals surface area contributed by atoms with E-state index in [-0.39, 0.29) is 6.10 Å². The molecule has 1 atom stereocenters. The Morgan fingerprint density at radius 3 is 2.79 bits per heavy atom. The van der Waals surface area contributed by atoms with Crippen LogP contribution in [0.15, 0.2) is 67.3 Å². The molecular formula is C25H28N6O2. The van der Waals surface area contributed by atoms with Crippen molar-refractivity contribution in [1.82, 2.24) is 29.4 Å². The molecule has 1 saturated heterocycles. The topological polar surface area (TPSA) is 70.2 Å². The summed E-state index contributed by atoms with van der Waals surface area (Å²) in [5.74, 6) is 0.756. The van der Waals surface area contributed by atoms with Gasteiger partial charge in [0.2, 0.25) is 0 Å². The van der Waals surface area contributed by atoms with Crippen LogP contribution in [0.5, 0.6) is 5.75 Å². The van der Waals surface area contributed by atoms with Crippen LogP contribution in [0.2, 0.25) is 0 Å². The molecule has 4 aromatic rings. The first-order chi connectivity index (χ1) is 16.2. The average Bonchev–Trinajstić information content (AvgIpc) is 3.49. The van der Waals surface area contributed by atoms with Crippen LogP contribution in [0.1, 0.15) is 11.3 Å². The third-order valence-corrected chi connectivity index (χ3v) is 5.87. The first-order valence-electron chi connectivity index (χ1n) is 11.2. The van der Waals surface area contributed by atoms with Crippen LogP contribution < -0.4 is 4.74 Å². The summed E-state index contributed by atoms with van der Waals surface area (Å²) in [5.41, 5.74) is 4.97. The highest BCUT2D eigenvalue weighted by molar-refractivity contribution is 5.64. The Morgan fingerprint density at radius 2 is 2.00 bits per heavy atom. The lowest BCUT2D eigenvalue weighted by atomic mass is 10.1. The van der Waals surface area contributed by atoms with E-state index >= 15 is 0 Å². The molecule has 1 aliphatic rings. The summed E-state index contributed by atoms with van der Waals surface area (Å²) in [6.45, 7) is 6.11. The van der Waals surface area contributed by atoms with E-state index in [1.807, 2.05) is 46.8 Å². The molecule has 0 bridgehead atoms. The number of methoxy groups -OCH3 is 1. The predicted molar refractivity (Wildman–Crippen MR) is 125 cm³/mol. The molecule has 0 spiro atoms. The van der Waals surface area contributed by atoms with Gasteiger partial charge in [-0.25, -0.2) is 9.67 Å². The number of imidazole rings is 1. The van der Waals surface area contributed by atoms with Crippen molar-refractivity contribution in [3.05, 3.63) is 78.5 Å². The minimum Gasteiger partial charge on any atom is -0.495 e. The van der Waals surface area contributed by atoms with Crippen LogP contribution in [-0.4, -0.2) is 62.4 Å². The minimum atomic E-state index is 0.0819. The largest absolute Gasteiger partial charge is 0.495 e. The summed E-state index contributed by atoms with van der Waals surface area (Å²) in [6, 6.07) is 16.6. The molecule has 0 saturated carbocycles. The SMILES string of the molecule is COc1cc(-c2cn(CC3CN(Cc4ccccc4)CCO3)nn2)ccc1-n1cnc(C)c1. The second-order valence-corrected chi connectivity index (χ2v) is 8.35. The Morgan fingerprint density at radius 1 is 1.12 bits per heavy atom. The van der Waals surface area contributed by atoms with Crippen molar-refractivity contribution in [2.75, 3.05) is 26.8 Å². The molecule has 5 rings (SSSR count). The third-order valence-electron chi connectivity index (χ3n) is 5.87. The van der Waals surface area contributed by atoms with Gasteiger partial charge in [0.1, 0.15) is 11.4 Å². The van der Waals surface area contributed by atoms with Crippen LogP contribution in [0.3, 0.4) is 0 Å². The van der Waals surface area contributed by atoms with Gasteiger partial charge in [-0.1, -0.05) is 41.6 Å². The number of rotatable bonds is 7. The molecule has 0 radical (unpaired) electrons. The predicted octanol–water partition coefficient (Wildman–Crippen LogP) is 3.35. The van der Waals surface area contributed by atoms with Gasteiger partial charge in [0.15, 0.2) is 0 Å². The Labute approximate surface area is 193 Å². The molecule has 0 amide bonds. The van der Waals surface area contributed by atoms with Gasteiger partial charge in [-0.3, -0.25) is 4.90 Å². The quantitative estimate of drug-likeness (QED) is 0.435. The van der Waals surface area contributed by atoms with E-state index in [9.17, 15) is 0 Å². The van der Waals surface area contributed by atoms with Crippen molar-refractivity contribution in [2.45, 2.75) is 26.1 Å². The summed E-state index contributed by atoms with van der Waals surface area (Å²) >= 11 is 0. The van der Waals surface area contributed by atoms with Crippen molar-refractivity contribution >= 4 is 0 Å². The minimum absolute atomic E-state index is 0.0819. The molecule has 1 unspecified atom stereocenters. The van der Waals surface area contributed by atoms with Gasteiger partial charge in [-0.05, 0) is 24.6 Å². The summed E-state index contributed by atoms with van der Waals surface area (Å²) in [4.78, 5) is 6.74. The molecule has 8 heteroatoms. The summed E-state index contributed by atoms with van der Waals surface area (Å²) in [5, 5.41) is 8.74. The molecule has 0 aliphatic carbocycles. The van der Waals surface area contributed by atoms with Crippen LogP contribution in [-0.2, 0) is 17.8 Å². The van der Waals surface area contributed by atoms with Crippen molar-refractivity contribution in [3.8, 4) is 22.7 Å². The van der Waals surface area contributed by atoms with E-state index < -0.39 is 0 Å². The third kappa shape index (κ3) is 4.97. The molecule has 0 N–H and O–H groups in total. The molecular weight excluding hydrogens is 416 g/mol. The van der Waals surface area contributed by atoms with Gasteiger partial charge in [0.05, 0.1) is 50.3 Å². The average molecular weight is 445 g/mol. The van der Waals surface area contributed by atoms with Gasteiger partial charge in [-0.15, -0.1) is 5.10 Å². The van der Waals surface area contributed by atoms with Gasteiger partial charge in [0.25, 0.3) is 0 Å². The first-order valence-corrected chi connectivity index (χ1v) is 11.2. The van der Waals surface area contributed by atoms with Crippen LogP contribution >= 0.6 is 0 Å². The Hall–Kier alpha value is -3.49. The lowest BCUT2D eigenvalue weighted by Crippen LogP contribution is -2.43. The first kappa shape index (κ1) is 21.4. The number of morpholine rings is 1. The molecule has 1 fully saturated rings. The highest BCUT2D eigenvalue weighted by atomic mass is 16.5. The van der Waals surface area contributed by atoms with Crippen molar-refractivity contribution in [1.29, 1.82) is 0 Å². The standard InChI is InChI=1S/C25H28N6O2/c1-19-13-30(18-26-19)24-9-8-21(12-25(24)32-2)23-17-31(28-27-23)16-22-15-29(10-11-33-22)14-20-6-4-3-5-7-20/h3-9,12-13,17-18,22H,10-11,14-16H2,1-2H3. The fraction of sp³-hybridized carbons (Fsp3) is 0.320. The Bertz CT molecular complexity index is 1200. The molecule has 1 aliphatic heterocycles. The maximum absolute atomic E-state index is 6.01. The normalized spacial score (nSPS) is 16.7. The van der Waals surface area contributed by atoms with E-state index in [4.69, 9.17) is 9.47 Å². The Kier molecular flexibility index (Phi) is 6.19. The number of aryl methyl sites for hydroxylation is 1. The van der Waals surface area contributed by atoms with Crippen LogP contribution in [0.4, 0.5) is 0 Å². The summed E-state index contributed by atoms with van der Waals surface area (Å²) in [7, 11) is 1.67. The molecule has 170 valence electrons.